The highest BCUT2D eigenvalue weighted by molar-refractivity contribution is 5.68. The molecule has 0 saturated heterocycles. The van der Waals surface area contributed by atoms with E-state index in [1.165, 1.54) is 0 Å². The lowest BCUT2D eigenvalue weighted by molar-refractivity contribution is 0.122. The van der Waals surface area contributed by atoms with Crippen molar-refractivity contribution in [1.29, 1.82) is 0 Å². The molecule has 1 aromatic carbocycles. The van der Waals surface area contributed by atoms with Crippen molar-refractivity contribution < 1.29 is 14.7 Å². The van der Waals surface area contributed by atoms with Gasteiger partial charge in [0.25, 0.3) is 0 Å². The summed E-state index contributed by atoms with van der Waals surface area (Å²) in [6.45, 7) is 0. The summed E-state index contributed by atoms with van der Waals surface area (Å²) >= 11 is 0. The predicted molar refractivity (Wildman–Crippen MR) is 36.4 cm³/mol. The molecule has 0 heterocycles. The predicted octanol–water partition coefficient (Wildman–Crippen LogP) is 1.18. The molecule has 0 aliphatic rings. The van der Waals surface area contributed by atoms with Crippen LogP contribution in [0.3, 0.4) is 0 Å². The lowest BCUT2D eigenvalue weighted by atomic mass is 10.3. The van der Waals surface area contributed by atoms with Crippen LogP contribution < -0.4 is 10.2 Å². The Balaban J connectivity index is 2.58. The summed E-state index contributed by atoms with van der Waals surface area (Å²) in [6.07, 6.45) is -1.02. The normalized spacial score (nSPS) is 8.82. The Morgan fingerprint density at radius 3 is 2.55 bits per heavy atom. The molecule has 11 heavy (non-hydrogen) atoms. The van der Waals surface area contributed by atoms with Gasteiger partial charge in [-0.25, -0.2) is 4.79 Å². The Labute approximate surface area is 63.4 Å². The van der Waals surface area contributed by atoms with Crippen molar-refractivity contribution in [1.82, 2.24) is 5.48 Å². The molecule has 0 atom stereocenters. The van der Waals surface area contributed by atoms with E-state index in [2.05, 4.69) is 10.2 Å². The minimum absolute atomic E-state index is 0.357. The Morgan fingerprint density at radius 1 is 1.36 bits per heavy atom. The standard InChI is InChI=1S/C7H6NO3/c9-7(8-10)11-6-4-2-1-3-5-6/h1-5,10H. The van der Waals surface area contributed by atoms with E-state index in [0.29, 0.717) is 5.75 Å². The van der Waals surface area contributed by atoms with Gasteiger partial charge in [-0.15, -0.1) is 0 Å². The third-order valence-corrected chi connectivity index (χ3v) is 1.03. The molecule has 0 bridgehead atoms. The summed E-state index contributed by atoms with van der Waals surface area (Å²) in [5, 5.41) is 7.95. The number of carbonyl (C=O) groups excluding carboxylic acids is 1. The Kier molecular flexibility index (Phi) is 2.46. The van der Waals surface area contributed by atoms with Crippen molar-refractivity contribution in [3.63, 3.8) is 0 Å². The number of nitrogens with zero attached hydrogens (tertiary/aromatic N) is 1. The lowest BCUT2D eigenvalue weighted by Crippen LogP contribution is -2.15. The van der Waals surface area contributed by atoms with E-state index in [4.69, 9.17) is 5.21 Å². The van der Waals surface area contributed by atoms with E-state index in [0.717, 1.165) is 0 Å². The Bertz CT molecular complexity index is 235. The van der Waals surface area contributed by atoms with Crippen molar-refractivity contribution in [2.24, 2.45) is 0 Å². The SMILES string of the molecule is O=C([N]O)Oc1ccccc1. The van der Waals surface area contributed by atoms with Gasteiger partial charge in [-0.05, 0) is 12.1 Å². The highest BCUT2D eigenvalue weighted by Gasteiger charge is 2.01. The monoisotopic (exact) mass is 152 g/mol. The second-order valence-corrected chi connectivity index (χ2v) is 1.78. The third-order valence-electron chi connectivity index (χ3n) is 1.03. The number of ether oxygens (including phenoxy) is 1. The highest BCUT2D eigenvalue weighted by atomic mass is 16.6. The molecule has 0 spiro atoms. The van der Waals surface area contributed by atoms with Gasteiger partial charge in [-0.2, -0.15) is 0 Å². The summed E-state index contributed by atoms with van der Waals surface area (Å²) < 4.78 is 4.51. The van der Waals surface area contributed by atoms with Crippen LogP contribution in [0.4, 0.5) is 4.79 Å². The Morgan fingerprint density at radius 2 is 2.00 bits per heavy atom. The summed E-state index contributed by atoms with van der Waals surface area (Å²) in [6, 6.07) is 8.37. The van der Waals surface area contributed by atoms with E-state index in [9.17, 15) is 4.79 Å². The molecule has 4 heteroatoms. The molecule has 4 nitrogen and oxygen atoms in total. The van der Waals surface area contributed by atoms with Crippen LogP contribution in [-0.4, -0.2) is 11.3 Å². The molecule has 57 valence electrons. The first kappa shape index (κ1) is 7.56. The van der Waals surface area contributed by atoms with Crippen LogP contribution in [0.2, 0.25) is 0 Å². The maximum atomic E-state index is 10.3. The molecule has 1 radical (unpaired) electrons. The molecule has 1 rings (SSSR count). The van der Waals surface area contributed by atoms with Gasteiger partial charge in [0.1, 0.15) is 5.75 Å². The second kappa shape index (κ2) is 3.58. The first-order chi connectivity index (χ1) is 5.33. The zero-order chi connectivity index (χ0) is 8.10. The molecule has 1 amide bonds. The molecular weight excluding hydrogens is 146 g/mol. The average molecular weight is 152 g/mol. The zero-order valence-corrected chi connectivity index (χ0v) is 5.60. The minimum Gasteiger partial charge on any atom is -0.407 e. The summed E-state index contributed by atoms with van der Waals surface area (Å²) in [7, 11) is 0. The molecule has 1 aromatic rings. The number of benzene rings is 1. The number of carbonyl (C=O) groups is 1. The topological polar surface area (TPSA) is 60.6 Å². The molecule has 0 saturated carbocycles. The summed E-state index contributed by atoms with van der Waals surface area (Å²) in [5.41, 5.74) is 2.32. The maximum absolute atomic E-state index is 10.3. The van der Waals surface area contributed by atoms with Crippen LogP contribution in [0.25, 0.3) is 0 Å². The van der Waals surface area contributed by atoms with Crippen molar-refractivity contribution in [3.05, 3.63) is 30.3 Å². The first-order valence-electron chi connectivity index (χ1n) is 2.95. The van der Waals surface area contributed by atoms with E-state index >= 15 is 0 Å². The largest absolute Gasteiger partial charge is 0.461 e. The van der Waals surface area contributed by atoms with Gasteiger partial charge in [0, 0.05) is 0 Å². The molecule has 0 unspecified atom stereocenters. The minimum atomic E-state index is -1.02. The quantitative estimate of drug-likeness (QED) is 0.485. The van der Waals surface area contributed by atoms with Crippen molar-refractivity contribution >= 4 is 6.09 Å². The fourth-order valence-corrected chi connectivity index (χ4v) is 0.610. The molecule has 0 aromatic heterocycles. The number of hydrogen-bond donors (Lipinski definition) is 1. The molecule has 0 aliphatic carbocycles. The van der Waals surface area contributed by atoms with E-state index < -0.39 is 6.09 Å². The number of para-hydroxylation sites is 1. The first-order valence-corrected chi connectivity index (χ1v) is 2.95. The number of rotatable bonds is 1. The van der Waals surface area contributed by atoms with Gasteiger partial charge in [-0.1, -0.05) is 23.7 Å². The maximum Gasteiger partial charge on any atom is 0.461 e. The van der Waals surface area contributed by atoms with Gasteiger partial charge < -0.3 is 4.74 Å². The van der Waals surface area contributed by atoms with Crippen molar-refractivity contribution in [2.75, 3.05) is 0 Å². The second-order valence-electron chi connectivity index (χ2n) is 1.78. The number of hydrogen-bond acceptors (Lipinski definition) is 3. The van der Waals surface area contributed by atoms with Gasteiger partial charge in [0.05, 0.1) is 0 Å². The van der Waals surface area contributed by atoms with E-state index in [-0.39, 0.29) is 0 Å². The smallest absolute Gasteiger partial charge is 0.407 e. The summed E-state index contributed by atoms with van der Waals surface area (Å²) in [5.74, 6) is 0.357. The van der Waals surface area contributed by atoms with E-state index in [1.807, 2.05) is 0 Å². The van der Waals surface area contributed by atoms with Gasteiger partial charge >= 0.3 is 6.09 Å². The number of hydroxylamine groups is 1. The van der Waals surface area contributed by atoms with Gasteiger partial charge in [0.15, 0.2) is 0 Å². The van der Waals surface area contributed by atoms with Crippen molar-refractivity contribution in [3.8, 4) is 5.75 Å². The van der Waals surface area contributed by atoms with Crippen LogP contribution in [0.1, 0.15) is 0 Å². The van der Waals surface area contributed by atoms with Crippen LogP contribution in [0.15, 0.2) is 30.3 Å². The van der Waals surface area contributed by atoms with Crippen LogP contribution in [0.5, 0.6) is 5.75 Å². The van der Waals surface area contributed by atoms with Crippen LogP contribution >= 0.6 is 0 Å². The molecule has 0 aliphatic heterocycles. The fourth-order valence-electron chi connectivity index (χ4n) is 0.610. The van der Waals surface area contributed by atoms with Crippen LogP contribution in [-0.2, 0) is 0 Å². The fraction of sp³-hybridized carbons (Fsp3) is 0. The van der Waals surface area contributed by atoms with Crippen molar-refractivity contribution in [2.45, 2.75) is 0 Å². The highest BCUT2D eigenvalue weighted by Crippen LogP contribution is 2.07. The molecule has 0 fully saturated rings. The molecular formula is C7H6NO3. The number of amides is 1. The summed E-state index contributed by atoms with van der Waals surface area (Å²) in [4.78, 5) is 10.3. The molecule has 1 N–H and O–H groups in total. The van der Waals surface area contributed by atoms with Crippen LogP contribution in [0, 0.1) is 0 Å². The lowest BCUT2D eigenvalue weighted by Gasteiger charge is -1.98. The average Bonchev–Trinajstić information content (AvgIpc) is 2.06. The Hall–Kier alpha value is -1.55. The zero-order valence-electron chi connectivity index (χ0n) is 5.60. The third kappa shape index (κ3) is 2.27. The van der Waals surface area contributed by atoms with Gasteiger partial charge in [0.2, 0.25) is 0 Å². The van der Waals surface area contributed by atoms with Gasteiger partial charge in [-0.3, -0.25) is 5.21 Å². The van der Waals surface area contributed by atoms with E-state index in [1.54, 1.807) is 30.3 Å².